The number of benzene rings is 1. The molecular weight excluding hydrogens is 320 g/mol. The Morgan fingerprint density at radius 1 is 1.36 bits per heavy atom. The Hall–Kier alpha value is -3.19. The van der Waals surface area contributed by atoms with Crippen LogP contribution in [0.25, 0.3) is 10.9 Å². The number of nitrogens with one attached hydrogen (secondary N) is 1. The van der Waals surface area contributed by atoms with Crippen LogP contribution in [0.2, 0.25) is 0 Å². The molecule has 7 heteroatoms. The van der Waals surface area contributed by atoms with Crippen molar-refractivity contribution in [3.63, 3.8) is 0 Å². The van der Waals surface area contributed by atoms with Gasteiger partial charge in [0.2, 0.25) is 0 Å². The van der Waals surface area contributed by atoms with Gasteiger partial charge in [-0.05, 0) is 31.2 Å². The molecule has 0 saturated carbocycles. The van der Waals surface area contributed by atoms with E-state index in [1.54, 1.807) is 31.5 Å². The van der Waals surface area contributed by atoms with Gasteiger partial charge in [0.15, 0.2) is 6.61 Å². The van der Waals surface area contributed by atoms with E-state index in [0.717, 1.165) is 21.5 Å². The molecule has 1 amide bonds. The summed E-state index contributed by atoms with van der Waals surface area (Å²) in [5.74, 6) is 0.0676. The van der Waals surface area contributed by atoms with Gasteiger partial charge in [0.05, 0.1) is 11.9 Å². The van der Waals surface area contributed by atoms with Crippen molar-refractivity contribution in [2.24, 2.45) is 5.10 Å². The van der Waals surface area contributed by atoms with Gasteiger partial charge in [-0.2, -0.15) is 5.10 Å². The summed E-state index contributed by atoms with van der Waals surface area (Å²) in [7, 11) is 0. The molecule has 0 aliphatic heterocycles. The van der Waals surface area contributed by atoms with E-state index >= 15 is 0 Å². The molecule has 2 heterocycles. The smallest absolute Gasteiger partial charge is 0.282 e. The molecule has 0 fully saturated rings. The number of hydrogen-bond donors (Lipinski definition) is 2. The first-order chi connectivity index (χ1) is 12.2. The number of hydrazone groups is 1. The summed E-state index contributed by atoms with van der Waals surface area (Å²) in [5.41, 5.74) is 2.50. The molecule has 0 radical (unpaired) electrons. The van der Waals surface area contributed by atoms with Crippen molar-refractivity contribution in [3.8, 4) is 5.75 Å². The second-order valence-corrected chi connectivity index (χ2v) is 5.34. The molecule has 0 aliphatic carbocycles. The Balaban J connectivity index is 1.68. The Bertz CT molecular complexity index is 904. The van der Waals surface area contributed by atoms with Crippen LogP contribution in [-0.2, 0) is 4.79 Å². The first-order valence-corrected chi connectivity index (χ1v) is 7.75. The van der Waals surface area contributed by atoms with E-state index in [2.05, 4.69) is 15.1 Å². The molecule has 0 atom stereocenters. The van der Waals surface area contributed by atoms with Crippen LogP contribution in [0, 0.1) is 6.92 Å². The fourth-order valence-corrected chi connectivity index (χ4v) is 2.37. The first kappa shape index (κ1) is 16.7. The molecule has 0 spiro atoms. The minimum absolute atomic E-state index is 0.237. The standard InChI is InChI=1S/C18H18N4O3/c1-13-17(6-3-8-19-13)25-11-18(24)22(12-23)21-10-14-4-2-5-16-15(14)7-9-20-16/h2-10,20,23H,11-12H2,1H3/b21-10+. The highest BCUT2D eigenvalue weighted by atomic mass is 16.5. The van der Waals surface area contributed by atoms with Crippen LogP contribution in [0.4, 0.5) is 0 Å². The summed E-state index contributed by atoms with van der Waals surface area (Å²) in [5, 5.41) is 15.4. The number of aryl methyl sites for hydroxylation is 1. The fraction of sp³-hybridized carbons (Fsp3) is 0.167. The molecule has 7 nitrogen and oxygen atoms in total. The van der Waals surface area contributed by atoms with Crippen molar-refractivity contribution in [3.05, 3.63) is 60.0 Å². The van der Waals surface area contributed by atoms with Gasteiger partial charge in [0, 0.05) is 28.9 Å². The summed E-state index contributed by atoms with van der Waals surface area (Å²) < 4.78 is 5.45. The Morgan fingerprint density at radius 3 is 3.04 bits per heavy atom. The molecule has 0 unspecified atom stereocenters. The van der Waals surface area contributed by atoms with E-state index in [4.69, 9.17) is 4.74 Å². The van der Waals surface area contributed by atoms with Crippen molar-refractivity contribution in [2.45, 2.75) is 6.92 Å². The number of rotatable bonds is 6. The van der Waals surface area contributed by atoms with E-state index in [-0.39, 0.29) is 6.61 Å². The second kappa shape index (κ2) is 7.59. The molecule has 0 bridgehead atoms. The van der Waals surface area contributed by atoms with E-state index in [1.165, 1.54) is 0 Å². The van der Waals surface area contributed by atoms with Crippen LogP contribution in [0.3, 0.4) is 0 Å². The van der Waals surface area contributed by atoms with Gasteiger partial charge in [-0.1, -0.05) is 12.1 Å². The number of aromatic amines is 1. The number of aliphatic hydroxyl groups excluding tert-OH is 1. The third kappa shape index (κ3) is 3.84. The molecule has 2 aromatic heterocycles. The normalized spacial score (nSPS) is 11.1. The number of amides is 1. The summed E-state index contributed by atoms with van der Waals surface area (Å²) in [6, 6.07) is 11.1. The highest BCUT2D eigenvalue weighted by molar-refractivity contribution is 5.98. The maximum absolute atomic E-state index is 12.2. The number of H-pyrrole nitrogens is 1. The molecule has 1 aromatic carbocycles. The molecule has 3 rings (SSSR count). The summed E-state index contributed by atoms with van der Waals surface area (Å²) in [4.78, 5) is 19.4. The maximum Gasteiger partial charge on any atom is 0.282 e. The van der Waals surface area contributed by atoms with Crippen LogP contribution in [-0.4, -0.2) is 45.5 Å². The van der Waals surface area contributed by atoms with Crippen LogP contribution < -0.4 is 4.74 Å². The largest absolute Gasteiger partial charge is 0.482 e. The number of aliphatic hydroxyl groups is 1. The lowest BCUT2D eigenvalue weighted by Gasteiger charge is -2.14. The van der Waals surface area contributed by atoms with Crippen molar-refractivity contribution < 1.29 is 14.6 Å². The number of aromatic nitrogens is 2. The van der Waals surface area contributed by atoms with Gasteiger partial charge in [0.25, 0.3) is 5.91 Å². The zero-order valence-electron chi connectivity index (χ0n) is 13.7. The van der Waals surface area contributed by atoms with Gasteiger partial charge in [-0.3, -0.25) is 9.78 Å². The van der Waals surface area contributed by atoms with Crippen molar-refractivity contribution in [1.29, 1.82) is 0 Å². The Morgan fingerprint density at radius 2 is 2.24 bits per heavy atom. The van der Waals surface area contributed by atoms with Gasteiger partial charge in [0.1, 0.15) is 12.5 Å². The quantitative estimate of drug-likeness (QED) is 0.409. The third-order valence-electron chi connectivity index (χ3n) is 3.70. The average molecular weight is 338 g/mol. The highest BCUT2D eigenvalue weighted by Gasteiger charge is 2.13. The average Bonchev–Trinajstić information content (AvgIpc) is 3.11. The minimum atomic E-state index is -0.534. The molecule has 0 aliphatic rings. The number of nitrogens with zero attached hydrogens (tertiary/aromatic N) is 3. The predicted molar refractivity (Wildman–Crippen MR) is 94.3 cm³/mol. The van der Waals surface area contributed by atoms with Crippen LogP contribution in [0.1, 0.15) is 11.3 Å². The third-order valence-corrected chi connectivity index (χ3v) is 3.70. The molecule has 2 N–H and O–H groups in total. The van der Waals surface area contributed by atoms with Crippen molar-refractivity contribution in [2.75, 3.05) is 13.3 Å². The number of pyridine rings is 1. The Kier molecular flexibility index (Phi) is 5.06. The predicted octanol–water partition coefficient (Wildman–Crippen LogP) is 2.06. The molecular formula is C18H18N4O3. The van der Waals surface area contributed by atoms with E-state index in [9.17, 15) is 9.90 Å². The molecule has 25 heavy (non-hydrogen) atoms. The number of hydrogen-bond acceptors (Lipinski definition) is 5. The van der Waals surface area contributed by atoms with E-state index < -0.39 is 12.6 Å². The van der Waals surface area contributed by atoms with E-state index in [1.807, 2.05) is 30.5 Å². The molecule has 3 aromatic rings. The van der Waals surface area contributed by atoms with Crippen molar-refractivity contribution >= 4 is 23.0 Å². The highest BCUT2D eigenvalue weighted by Crippen LogP contribution is 2.16. The lowest BCUT2D eigenvalue weighted by Crippen LogP contribution is -2.31. The first-order valence-electron chi connectivity index (χ1n) is 7.75. The lowest BCUT2D eigenvalue weighted by atomic mass is 10.1. The van der Waals surface area contributed by atoms with Gasteiger partial charge < -0.3 is 14.8 Å². The van der Waals surface area contributed by atoms with Crippen LogP contribution in [0.15, 0.2) is 53.9 Å². The molecule has 128 valence electrons. The van der Waals surface area contributed by atoms with Gasteiger partial charge >= 0.3 is 0 Å². The summed E-state index contributed by atoms with van der Waals surface area (Å²) in [6.45, 7) is 1.02. The van der Waals surface area contributed by atoms with E-state index in [0.29, 0.717) is 11.4 Å². The van der Waals surface area contributed by atoms with Crippen LogP contribution in [0.5, 0.6) is 5.75 Å². The molecule has 0 saturated heterocycles. The van der Waals surface area contributed by atoms with Crippen molar-refractivity contribution in [1.82, 2.24) is 15.0 Å². The SMILES string of the molecule is Cc1ncccc1OCC(=O)N(CO)/N=C/c1cccc2[nH]ccc12. The minimum Gasteiger partial charge on any atom is -0.482 e. The number of fused-ring (bicyclic) bond motifs is 1. The van der Waals surface area contributed by atoms with Gasteiger partial charge in [-0.15, -0.1) is 0 Å². The zero-order valence-corrected chi connectivity index (χ0v) is 13.7. The fourth-order valence-electron chi connectivity index (χ4n) is 2.37. The monoisotopic (exact) mass is 338 g/mol. The van der Waals surface area contributed by atoms with Gasteiger partial charge in [-0.25, -0.2) is 5.01 Å². The zero-order chi connectivity index (χ0) is 17.6. The number of carbonyl (C=O) groups excluding carboxylic acids is 1. The number of ether oxygens (including phenoxy) is 1. The van der Waals surface area contributed by atoms with Crippen LogP contribution >= 0.6 is 0 Å². The second-order valence-electron chi connectivity index (χ2n) is 5.34. The maximum atomic E-state index is 12.2. The Labute approximate surface area is 144 Å². The summed E-state index contributed by atoms with van der Waals surface area (Å²) in [6.07, 6.45) is 5.02. The lowest BCUT2D eigenvalue weighted by molar-refractivity contribution is -0.137. The topological polar surface area (TPSA) is 90.8 Å². The number of carbonyl (C=O) groups is 1. The summed E-state index contributed by atoms with van der Waals surface area (Å²) >= 11 is 0.